The lowest BCUT2D eigenvalue weighted by molar-refractivity contribution is -0.114. The maximum atomic E-state index is 12.6. The minimum atomic E-state index is -0.948. The number of hydrogen-bond donors (Lipinski definition) is 1. The fourth-order valence-corrected chi connectivity index (χ4v) is 3.67. The number of ketones is 1. The summed E-state index contributed by atoms with van der Waals surface area (Å²) in [5.41, 5.74) is 2.47. The molecule has 29 heavy (non-hydrogen) atoms. The summed E-state index contributed by atoms with van der Waals surface area (Å²) in [6, 6.07) is 16.0. The number of aromatic nitrogens is 1. The maximum Gasteiger partial charge on any atom is 0.350 e. The van der Waals surface area contributed by atoms with Gasteiger partial charge in [0.15, 0.2) is 6.10 Å². The highest BCUT2D eigenvalue weighted by Gasteiger charge is 2.24. The number of hydrogen-bond acceptors (Lipinski definition) is 6. The summed E-state index contributed by atoms with van der Waals surface area (Å²) in [7, 11) is 0. The summed E-state index contributed by atoms with van der Waals surface area (Å²) in [6.07, 6.45) is -0.948. The fraction of sp³-hybridized carbons (Fsp3) is 0.182. The number of rotatable bonds is 6. The van der Waals surface area contributed by atoms with Crippen LogP contribution in [-0.2, 0) is 9.53 Å². The number of carbonyl (C=O) groups is 3. The molecular formula is C22H20N2O4S. The van der Waals surface area contributed by atoms with E-state index in [1.807, 2.05) is 30.3 Å². The van der Waals surface area contributed by atoms with Crippen LogP contribution >= 0.6 is 11.3 Å². The van der Waals surface area contributed by atoms with E-state index in [1.54, 1.807) is 31.2 Å². The number of ether oxygens (including phenoxy) is 1. The molecule has 0 fully saturated rings. The van der Waals surface area contributed by atoms with E-state index < -0.39 is 12.1 Å². The second kappa shape index (κ2) is 8.79. The molecule has 1 heterocycles. The van der Waals surface area contributed by atoms with E-state index in [1.165, 1.54) is 25.2 Å². The van der Waals surface area contributed by atoms with E-state index in [0.29, 0.717) is 21.8 Å². The molecule has 0 aliphatic rings. The highest BCUT2D eigenvalue weighted by Crippen LogP contribution is 2.28. The van der Waals surface area contributed by atoms with Gasteiger partial charge in [-0.15, -0.1) is 11.3 Å². The van der Waals surface area contributed by atoms with Crippen molar-refractivity contribution in [3.05, 3.63) is 70.7 Å². The Hall–Kier alpha value is -3.32. The third-order valence-corrected chi connectivity index (χ3v) is 5.33. The van der Waals surface area contributed by atoms with Crippen molar-refractivity contribution in [1.82, 2.24) is 4.98 Å². The average Bonchev–Trinajstić information content (AvgIpc) is 3.10. The van der Waals surface area contributed by atoms with Gasteiger partial charge in [0.2, 0.25) is 11.7 Å². The number of esters is 1. The van der Waals surface area contributed by atoms with Crippen LogP contribution in [0.5, 0.6) is 0 Å². The summed E-state index contributed by atoms with van der Waals surface area (Å²) in [4.78, 5) is 41.1. The van der Waals surface area contributed by atoms with Gasteiger partial charge in [0.25, 0.3) is 0 Å². The van der Waals surface area contributed by atoms with Gasteiger partial charge in [-0.25, -0.2) is 9.78 Å². The first-order valence-electron chi connectivity index (χ1n) is 9.01. The van der Waals surface area contributed by atoms with Gasteiger partial charge in [-0.05, 0) is 38.1 Å². The van der Waals surface area contributed by atoms with Gasteiger partial charge < -0.3 is 10.1 Å². The summed E-state index contributed by atoms with van der Waals surface area (Å²) in [5.74, 6) is -1.09. The molecule has 0 aliphatic heterocycles. The number of Topliss-reactive ketones (excluding diaryl/α,β-unsaturated/α-hetero) is 1. The third-order valence-electron chi connectivity index (χ3n) is 4.15. The highest BCUT2D eigenvalue weighted by atomic mass is 32.1. The SMILES string of the molecule is CC(=O)Nc1ccc(C(=O)[C@H](C)OC(=O)c2sc(-c3ccccc3)nc2C)cc1. The molecule has 2 aromatic carbocycles. The van der Waals surface area contributed by atoms with E-state index in [-0.39, 0.29) is 11.7 Å². The standard InChI is InChI=1S/C22H20N2O4S/c1-13-20(29-21(23-13)17-7-5-4-6-8-17)22(27)28-14(2)19(26)16-9-11-18(12-10-16)24-15(3)25/h4-12,14H,1-3H3,(H,24,25)/t14-/m0/s1. The molecule has 1 amide bonds. The van der Waals surface area contributed by atoms with Crippen LogP contribution in [0.2, 0.25) is 0 Å². The summed E-state index contributed by atoms with van der Waals surface area (Å²) < 4.78 is 5.39. The Morgan fingerprint density at radius 2 is 1.69 bits per heavy atom. The molecule has 0 radical (unpaired) electrons. The predicted octanol–water partition coefficient (Wildman–Crippen LogP) is 4.51. The lowest BCUT2D eigenvalue weighted by Crippen LogP contribution is -2.24. The Bertz CT molecular complexity index is 1040. The number of thiazole rings is 1. The zero-order valence-electron chi connectivity index (χ0n) is 16.3. The van der Waals surface area contributed by atoms with Gasteiger partial charge in [-0.2, -0.15) is 0 Å². The summed E-state index contributed by atoms with van der Waals surface area (Å²) in [5, 5.41) is 3.36. The predicted molar refractivity (Wildman–Crippen MR) is 112 cm³/mol. The normalized spacial score (nSPS) is 11.6. The smallest absolute Gasteiger partial charge is 0.350 e. The Morgan fingerprint density at radius 1 is 1.03 bits per heavy atom. The van der Waals surface area contributed by atoms with Gasteiger partial charge in [-0.1, -0.05) is 30.3 Å². The Kier molecular flexibility index (Phi) is 6.19. The summed E-state index contributed by atoms with van der Waals surface area (Å²) >= 11 is 1.24. The number of carbonyl (C=O) groups excluding carboxylic acids is 3. The summed E-state index contributed by atoms with van der Waals surface area (Å²) in [6.45, 7) is 4.69. The number of aryl methyl sites for hydroxylation is 1. The van der Waals surface area contributed by atoms with Crippen molar-refractivity contribution < 1.29 is 19.1 Å². The molecule has 1 atom stereocenters. The highest BCUT2D eigenvalue weighted by molar-refractivity contribution is 7.17. The topological polar surface area (TPSA) is 85.4 Å². The van der Waals surface area contributed by atoms with Crippen LogP contribution in [0, 0.1) is 6.92 Å². The number of amides is 1. The van der Waals surface area contributed by atoms with Crippen molar-refractivity contribution in [2.75, 3.05) is 5.32 Å². The molecule has 148 valence electrons. The van der Waals surface area contributed by atoms with Crippen LogP contribution in [0.3, 0.4) is 0 Å². The quantitative estimate of drug-likeness (QED) is 0.479. The number of nitrogens with zero attached hydrogens (tertiary/aromatic N) is 1. The fourth-order valence-electron chi connectivity index (χ4n) is 2.71. The number of anilines is 1. The van der Waals surface area contributed by atoms with Gasteiger partial charge in [-0.3, -0.25) is 9.59 Å². The molecule has 3 aromatic rings. The van der Waals surface area contributed by atoms with E-state index in [9.17, 15) is 14.4 Å². The molecule has 1 N–H and O–H groups in total. The van der Waals surface area contributed by atoms with Crippen molar-refractivity contribution in [1.29, 1.82) is 0 Å². The van der Waals surface area contributed by atoms with Crippen molar-refractivity contribution in [3.63, 3.8) is 0 Å². The van der Waals surface area contributed by atoms with Crippen molar-refractivity contribution in [3.8, 4) is 10.6 Å². The van der Waals surface area contributed by atoms with Gasteiger partial charge in [0.05, 0.1) is 5.69 Å². The minimum Gasteiger partial charge on any atom is -0.450 e. The van der Waals surface area contributed by atoms with Crippen LogP contribution < -0.4 is 5.32 Å². The second-order valence-electron chi connectivity index (χ2n) is 6.47. The van der Waals surface area contributed by atoms with E-state index in [4.69, 9.17) is 4.74 Å². The van der Waals surface area contributed by atoms with E-state index >= 15 is 0 Å². The zero-order chi connectivity index (χ0) is 21.0. The lowest BCUT2D eigenvalue weighted by Gasteiger charge is -2.12. The first kappa shape index (κ1) is 20.4. The molecule has 0 bridgehead atoms. The Labute approximate surface area is 172 Å². The van der Waals surface area contributed by atoms with Crippen LogP contribution in [-0.4, -0.2) is 28.7 Å². The largest absolute Gasteiger partial charge is 0.450 e. The minimum absolute atomic E-state index is 0.193. The average molecular weight is 408 g/mol. The van der Waals surface area contributed by atoms with Crippen LogP contribution in [0.1, 0.15) is 39.6 Å². The monoisotopic (exact) mass is 408 g/mol. The maximum absolute atomic E-state index is 12.6. The molecule has 0 saturated carbocycles. The first-order valence-corrected chi connectivity index (χ1v) is 9.82. The first-order chi connectivity index (χ1) is 13.8. The molecule has 6 nitrogen and oxygen atoms in total. The van der Waals surface area contributed by atoms with Crippen LogP contribution in [0.25, 0.3) is 10.6 Å². The lowest BCUT2D eigenvalue weighted by atomic mass is 10.1. The van der Waals surface area contributed by atoms with E-state index in [0.717, 1.165) is 10.6 Å². The van der Waals surface area contributed by atoms with Crippen molar-refractivity contribution in [2.24, 2.45) is 0 Å². The van der Waals surface area contributed by atoms with E-state index in [2.05, 4.69) is 10.3 Å². The molecule has 1 aromatic heterocycles. The molecule has 0 unspecified atom stereocenters. The third kappa shape index (κ3) is 4.94. The second-order valence-corrected chi connectivity index (χ2v) is 7.47. The van der Waals surface area contributed by atoms with Crippen LogP contribution in [0.15, 0.2) is 54.6 Å². The zero-order valence-corrected chi connectivity index (χ0v) is 17.1. The molecular weight excluding hydrogens is 388 g/mol. The van der Waals surface area contributed by atoms with Crippen LogP contribution in [0.4, 0.5) is 5.69 Å². The Balaban J connectivity index is 1.69. The molecule has 3 rings (SSSR count). The Morgan fingerprint density at radius 3 is 2.31 bits per heavy atom. The van der Waals surface area contributed by atoms with Gasteiger partial charge in [0, 0.05) is 23.7 Å². The molecule has 0 aliphatic carbocycles. The van der Waals surface area contributed by atoms with Crippen molar-refractivity contribution >= 4 is 34.7 Å². The molecule has 7 heteroatoms. The molecule has 0 saturated heterocycles. The van der Waals surface area contributed by atoms with Crippen molar-refractivity contribution in [2.45, 2.75) is 26.9 Å². The number of nitrogens with one attached hydrogen (secondary N) is 1. The number of benzene rings is 2. The van der Waals surface area contributed by atoms with Gasteiger partial charge >= 0.3 is 5.97 Å². The van der Waals surface area contributed by atoms with Gasteiger partial charge in [0.1, 0.15) is 9.88 Å². The molecule has 0 spiro atoms.